The third-order valence-electron chi connectivity index (χ3n) is 3.67. The van der Waals surface area contributed by atoms with E-state index in [0.717, 1.165) is 44.2 Å². The van der Waals surface area contributed by atoms with E-state index in [9.17, 15) is 0 Å². The fraction of sp³-hybridized carbons (Fsp3) is 0.688. The molecule has 4 nitrogen and oxygen atoms in total. The highest BCUT2D eigenvalue weighted by Gasteiger charge is 2.16. The van der Waals surface area contributed by atoms with Crippen molar-refractivity contribution in [1.82, 2.24) is 10.3 Å². The number of likely N-dealkylation sites (N-methyl/N-ethyl adjacent to an activating group) is 1. The highest BCUT2D eigenvalue weighted by molar-refractivity contribution is 5.38. The van der Waals surface area contributed by atoms with Gasteiger partial charge in [0.25, 0.3) is 0 Å². The number of hydrogen-bond acceptors (Lipinski definition) is 4. The van der Waals surface area contributed by atoms with Crippen LogP contribution in [0.4, 0.5) is 5.82 Å². The van der Waals surface area contributed by atoms with Crippen LogP contribution < -0.4 is 10.2 Å². The van der Waals surface area contributed by atoms with Crippen LogP contribution in [0.25, 0.3) is 0 Å². The number of nitrogens with zero attached hydrogens (tertiary/aromatic N) is 2. The van der Waals surface area contributed by atoms with Gasteiger partial charge in [-0.25, -0.2) is 4.98 Å². The first kappa shape index (κ1) is 15.3. The lowest BCUT2D eigenvalue weighted by Gasteiger charge is -2.28. The Labute approximate surface area is 122 Å². The normalized spacial score (nSPS) is 19.0. The van der Waals surface area contributed by atoms with E-state index in [2.05, 4.69) is 42.4 Å². The Kier molecular flexibility index (Phi) is 6.27. The fourth-order valence-electron chi connectivity index (χ4n) is 2.52. The Morgan fingerprint density at radius 2 is 2.30 bits per heavy atom. The van der Waals surface area contributed by atoms with Crippen LogP contribution >= 0.6 is 0 Å². The molecular weight excluding hydrogens is 250 g/mol. The fourth-order valence-corrected chi connectivity index (χ4v) is 2.52. The molecule has 0 saturated carbocycles. The molecule has 2 heterocycles. The summed E-state index contributed by atoms with van der Waals surface area (Å²) in [6, 6.07) is 6.24. The quantitative estimate of drug-likeness (QED) is 0.777. The van der Waals surface area contributed by atoms with Crippen LogP contribution in [-0.2, 0) is 11.3 Å². The second kappa shape index (κ2) is 8.22. The Bertz CT molecular complexity index is 391. The van der Waals surface area contributed by atoms with Gasteiger partial charge in [-0.05, 0) is 44.4 Å². The molecule has 1 saturated heterocycles. The van der Waals surface area contributed by atoms with Gasteiger partial charge in [-0.15, -0.1) is 0 Å². The first-order valence-corrected chi connectivity index (χ1v) is 7.79. The van der Waals surface area contributed by atoms with Gasteiger partial charge in [-0.2, -0.15) is 0 Å². The minimum Gasteiger partial charge on any atom is -0.376 e. The lowest BCUT2D eigenvalue weighted by molar-refractivity contribution is 0.0215. The summed E-state index contributed by atoms with van der Waals surface area (Å²) in [5.41, 5.74) is 1.10. The van der Waals surface area contributed by atoms with Crippen LogP contribution in [0.5, 0.6) is 0 Å². The van der Waals surface area contributed by atoms with Crippen molar-refractivity contribution in [3.63, 3.8) is 0 Å². The first-order chi connectivity index (χ1) is 9.79. The van der Waals surface area contributed by atoms with Gasteiger partial charge in [0.15, 0.2) is 0 Å². The molecule has 1 aromatic heterocycles. The van der Waals surface area contributed by atoms with Crippen molar-refractivity contribution >= 4 is 5.82 Å². The van der Waals surface area contributed by atoms with Crippen molar-refractivity contribution in [1.29, 1.82) is 0 Å². The summed E-state index contributed by atoms with van der Waals surface area (Å²) in [5.74, 6) is 1.04. The van der Waals surface area contributed by atoms with Crippen LogP contribution in [-0.4, -0.2) is 37.8 Å². The lowest BCUT2D eigenvalue weighted by atomic mass is 10.1. The van der Waals surface area contributed by atoms with Crippen molar-refractivity contribution in [2.45, 2.75) is 45.3 Å². The van der Waals surface area contributed by atoms with Crippen molar-refractivity contribution in [2.75, 3.05) is 31.6 Å². The molecule has 1 N–H and O–H groups in total. The molecule has 1 fully saturated rings. The van der Waals surface area contributed by atoms with Gasteiger partial charge in [0.1, 0.15) is 5.82 Å². The maximum Gasteiger partial charge on any atom is 0.128 e. The van der Waals surface area contributed by atoms with Crippen LogP contribution in [0.15, 0.2) is 18.2 Å². The number of nitrogens with one attached hydrogen (secondary N) is 1. The number of aromatic nitrogens is 1. The van der Waals surface area contributed by atoms with E-state index in [0.29, 0.717) is 6.10 Å². The van der Waals surface area contributed by atoms with Gasteiger partial charge < -0.3 is 15.0 Å². The van der Waals surface area contributed by atoms with Crippen LogP contribution in [0.3, 0.4) is 0 Å². The molecule has 1 aliphatic heterocycles. The zero-order valence-electron chi connectivity index (χ0n) is 12.8. The van der Waals surface area contributed by atoms with Crippen LogP contribution in [0, 0.1) is 0 Å². The second-order valence-electron chi connectivity index (χ2n) is 5.53. The zero-order valence-corrected chi connectivity index (χ0v) is 12.8. The van der Waals surface area contributed by atoms with Gasteiger partial charge in [-0.3, -0.25) is 0 Å². The average molecular weight is 277 g/mol. The van der Waals surface area contributed by atoms with E-state index in [1.165, 1.54) is 19.3 Å². The minimum absolute atomic E-state index is 0.359. The third kappa shape index (κ3) is 4.76. The predicted octanol–water partition coefficient (Wildman–Crippen LogP) is 2.59. The number of ether oxygens (including phenoxy) is 1. The molecule has 20 heavy (non-hydrogen) atoms. The smallest absolute Gasteiger partial charge is 0.128 e. The summed E-state index contributed by atoms with van der Waals surface area (Å²) in [5, 5.41) is 3.39. The zero-order chi connectivity index (χ0) is 14.2. The van der Waals surface area contributed by atoms with Gasteiger partial charge in [0, 0.05) is 26.7 Å². The molecule has 0 amide bonds. The average Bonchev–Trinajstić information content (AvgIpc) is 2.49. The molecular formula is C16H27N3O. The van der Waals surface area contributed by atoms with E-state index in [4.69, 9.17) is 9.72 Å². The van der Waals surface area contributed by atoms with E-state index in [1.54, 1.807) is 0 Å². The standard InChI is InChI=1S/C16H27N3O/c1-3-10-17-12-14-7-6-9-16(18-14)19(2)13-15-8-4-5-11-20-15/h6-7,9,15,17H,3-5,8,10-13H2,1-2H3. The number of hydrogen-bond donors (Lipinski definition) is 1. The van der Waals surface area contributed by atoms with Gasteiger partial charge in [0.05, 0.1) is 11.8 Å². The molecule has 0 bridgehead atoms. The number of anilines is 1. The molecule has 1 aliphatic rings. The monoisotopic (exact) mass is 277 g/mol. The molecule has 2 rings (SSSR count). The van der Waals surface area contributed by atoms with Crippen molar-refractivity contribution < 1.29 is 4.74 Å². The minimum atomic E-state index is 0.359. The molecule has 0 aromatic carbocycles. The Balaban J connectivity index is 1.88. The first-order valence-electron chi connectivity index (χ1n) is 7.79. The summed E-state index contributed by atoms with van der Waals surface area (Å²) >= 11 is 0. The summed E-state index contributed by atoms with van der Waals surface area (Å²) in [6.45, 7) is 5.90. The molecule has 1 atom stereocenters. The van der Waals surface area contributed by atoms with Gasteiger partial charge in [-0.1, -0.05) is 13.0 Å². The van der Waals surface area contributed by atoms with Crippen LogP contribution in [0.2, 0.25) is 0 Å². The maximum atomic E-state index is 5.80. The highest BCUT2D eigenvalue weighted by Crippen LogP contribution is 2.16. The molecule has 0 spiro atoms. The summed E-state index contributed by atoms with van der Waals surface area (Å²) in [7, 11) is 2.10. The number of pyridine rings is 1. The molecule has 112 valence electrons. The largest absolute Gasteiger partial charge is 0.376 e. The summed E-state index contributed by atoms with van der Waals surface area (Å²) in [4.78, 5) is 6.93. The van der Waals surface area contributed by atoms with Gasteiger partial charge >= 0.3 is 0 Å². The van der Waals surface area contributed by atoms with Crippen molar-refractivity contribution in [2.24, 2.45) is 0 Å². The van der Waals surface area contributed by atoms with Crippen molar-refractivity contribution in [3.8, 4) is 0 Å². The molecule has 0 aliphatic carbocycles. The molecule has 1 unspecified atom stereocenters. The third-order valence-corrected chi connectivity index (χ3v) is 3.67. The van der Waals surface area contributed by atoms with E-state index in [-0.39, 0.29) is 0 Å². The van der Waals surface area contributed by atoms with Gasteiger partial charge in [0.2, 0.25) is 0 Å². The topological polar surface area (TPSA) is 37.4 Å². The molecule has 4 heteroatoms. The summed E-state index contributed by atoms with van der Waals surface area (Å²) in [6.07, 6.45) is 5.17. The second-order valence-corrected chi connectivity index (χ2v) is 5.53. The number of rotatable bonds is 7. The molecule has 0 radical (unpaired) electrons. The van der Waals surface area contributed by atoms with E-state index in [1.807, 2.05) is 0 Å². The van der Waals surface area contributed by atoms with E-state index < -0.39 is 0 Å². The van der Waals surface area contributed by atoms with E-state index >= 15 is 0 Å². The van der Waals surface area contributed by atoms with Crippen molar-refractivity contribution in [3.05, 3.63) is 23.9 Å². The summed E-state index contributed by atoms with van der Waals surface area (Å²) < 4.78 is 5.80. The predicted molar refractivity (Wildman–Crippen MR) is 83.1 cm³/mol. The molecule has 1 aromatic rings. The Hall–Kier alpha value is -1.13. The van der Waals surface area contributed by atoms with Crippen LogP contribution in [0.1, 0.15) is 38.3 Å². The SMILES string of the molecule is CCCNCc1cccc(N(C)CC2CCCCO2)n1. The lowest BCUT2D eigenvalue weighted by Crippen LogP contribution is -2.33. The highest BCUT2D eigenvalue weighted by atomic mass is 16.5. The Morgan fingerprint density at radius 1 is 1.40 bits per heavy atom. The Morgan fingerprint density at radius 3 is 3.05 bits per heavy atom. The maximum absolute atomic E-state index is 5.80.